The maximum Gasteiger partial charge on any atom is 0.240 e. The van der Waals surface area contributed by atoms with E-state index in [0.717, 1.165) is 22.2 Å². The van der Waals surface area contributed by atoms with Gasteiger partial charge in [0, 0.05) is 24.8 Å². The number of anilines is 1. The Balaban J connectivity index is 1.76. The Kier molecular flexibility index (Phi) is 5.73. The van der Waals surface area contributed by atoms with E-state index in [1.807, 2.05) is 86.1 Å². The summed E-state index contributed by atoms with van der Waals surface area (Å²) < 4.78 is 1.93. The van der Waals surface area contributed by atoms with Gasteiger partial charge in [-0.1, -0.05) is 60.3 Å². The minimum atomic E-state index is -0.262. The van der Waals surface area contributed by atoms with Crippen molar-refractivity contribution in [3.8, 4) is 11.4 Å². The summed E-state index contributed by atoms with van der Waals surface area (Å²) in [5, 5.41) is 9.03. The van der Waals surface area contributed by atoms with Crippen LogP contribution in [-0.4, -0.2) is 32.5 Å². The molecular weight excluding hydrogens is 344 g/mol. The third-order valence-corrected chi connectivity index (χ3v) is 5.27. The summed E-state index contributed by atoms with van der Waals surface area (Å²) in [7, 11) is 1.93. The van der Waals surface area contributed by atoms with Gasteiger partial charge < -0.3 is 9.47 Å². The molecule has 1 atom stereocenters. The number of amides is 1. The Hall–Kier alpha value is -2.60. The molecule has 0 N–H and O–H groups in total. The second kappa shape index (κ2) is 8.19. The smallest absolute Gasteiger partial charge is 0.240 e. The third kappa shape index (κ3) is 3.80. The molecule has 26 heavy (non-hydrogen) atoms. The molecule has 1 amide bonds. The van der Waals surface area contributed by atoms with E-state index in [0.29, 0.717) is 6.54 Å². The van der Waals surface area contributed by atoms with E-state index >= 15 is 0 Å². The van der Waals surface area contributed by atoms with Crippen molar-refractivity contribution in [1.82, 2.24) is 14.8 Å². The quantitative estimate of drug-likeness (QED) is 0.619. The highest BCUT2D eigenvalue weighted by Crippen LogP contribution is 2.27. The molecule has 1 heterocycles. The number of carbonyl (C=O) groups excluding carboxylic acids is 1. The Labute approximate surface area is 158 Å². The van der Waals surface area contributed by atoms with Crippen LogP contribution in [0.3, 0.4) is 0 Å². The fraction of sp³-hybridized carbons (Fsp3) is 0.250. The molecule has 0 radical (unpaired) electrons. The number of rotatable bonds is 6. The van der Waals surface area contributed by atoms with Crippen molar-refractivity contribution >= 4 is 23.4 Å². The molecule has 0 bridgehead atoms. The third-order valence-electron chi connectivity index (χ3n) is 4.15. The number of hydrogen-bond acceptors (Lipinski definition) is 4. The number of nitrogens with zero attached hydrogens (tertiary/aromatic N) is 4. The van der Waals surface area contributed by atoms with Gasteiger partial charge in [0.1, 0.15) is 0 Å². The van der Waals surface area contributed by atoms with Gasteiger partial charge in [0.15, 0.2) is 11.0 Å². The van der Waals surface area contributed by atoms with E-state index in [2.05, 4.69) is 10.2 Å². The summed E-state index contributed by atoms with van der Waals surface area (Å²) in [6.45, 7) is 4.52. The summed E-state index contributed by atoms with van der Waals surface area (Å²) >= 11 is 1.43. The van der Waals surface area contributed by atoms with Crippen LogP contribution in [0.5, 0.6) is 0 Å². The zero-order chi connectivity index (χ0) is 18.5. The van der Waals surface area contributed by atoms with Crippen LogP contribution in [0.15, 0.2) is 65.8 Å². The molecule has 0 fully saturated rings. The molecule has 0 aliphatic heterocycles. The number of para-hydroxylation sites is 1. The minimum absolute atomic E-state index is 0.0629. The van der Waals surface area contributed by atoms with Gasteiger partial charge >= 0.3 is 0 Å². The van der Waals surface area contributed by atoms with Crippen molar-refractivity contribution in [3.05, 3.63) is 60.7 Å². The monoisotopic (exact) mass is 366 g/mol. The molecule has 6 heteroatoms. The Morgan fingerprint density at radius 3 is 2.31 bits per heavy atom. The van der Waals surface area contributed by atoms with Gasteiger partial charge in [0.05, 0.1) is 5.25 Å². The molecule has 0 unspecified atom stereocenters. The average molecular weight is 366 g/mol. The first-order valence-corrected chi connectivity index (χ1v) is 9.47. The molecule has 1 aromatic heterocycles. The first-order chi connectivity index (χ1) is 12.6. The van der Waals surface area contributed by atoms with E-state index in [-0.39, 0.29) is 11.2 Å². The number of benzene rings is 2. The Bertz CT molecular complexity index is 864. The molecule has 134 valence electrons. The van der Waals surface area contributed by atoms with Crippen molar-refractivity contribution in [1.29, 1.82) is 0 Å². The second-order valence-corrected chi connectivity index (χ2v) is 7.22. The standard InChI is InChI=1S/C20H22N4OS/c1-4-24(17-13-9-6-10-14-17)19(25)15(2)26-20-22-21-18(23(20)3)16-11-7-5-8-12-16/h5-15H,4H2,1-3H3/t15-/m0/s1. The molecular formula is C20H22N4OS. The normalized spacial score (nSPS) is 12.0. The predicted octanol–water partition coefficient (Wildman–Crippen LogP) is 4.02. The van der Waals surface area contributed by atoms with Gasteiger partial charge in [0.2, 0.25) is 5.91 Å². The van der Waals surface area contributed by atoms with Crippen LogP contribution < -0.4 is 4.90 Å². The van der Waals surface area contributed by atoms with Crippen molar-refractivity contribution in [2.24, 2.45) is 7.05 Å². The van der Waals surface area contributed by atoms with E-state index < -0.39 is 0 Å². The van der Waals surface area contributed by atoms with Crippen LogP contribution in [0.25, 0.3) is 11.4 Å². The first kappa shape index (κ1) is 18.2. The topological polar surface area (TPSA) is 51.0 Å². The van der Waals surface area contributed by atoms with Gasteiger partial charge in [-0.25, -0.2) is 0 Å². The zero-order valence-electron chi connectivity index (χ0n) is 15.2. The highest BCUT2D eigenvalue weighted by molar-refractivity contribution is 8.00. The molecule has 3 aromatic rings. The number of carbonyl (C=O) groups is 1. The van der Waals surface area contributed by atoms with Crippen LogP contribution >= 0.6 is 11.8 Å². The van der Waals surface area contributed by atoms with Crippen LogP contribution in [0.1, 0.15) is 13.8 Å². The second-order valence-electron chi connectivity index (χ2n) is 5.91. The van der Waals surface area contributed by atoms with E-state index in [1.54, 1.807) is 4.90 Å². The van der Waals surface area contributed by atoms with E-state index in [9.17, 15) is 4.79 Å². The largest absolute Gasteiger partial charge is 0.312 e. The van der Waals surface area contributed by atoms with Crippen molar-refractivity contribution in [3.63, 3.8) is 0 Å². The molecule has 0 spiro atoms. The molecule has 0 aliphatic rings. The average Bonchev–Trinajstić information content (AvgIpc) is 3.04. The maximum atomic E-state index is 12.9. The van der Waals surface area contributed by atoms with Crippen molar-refractivity contribution in [2.45, 2.75) is 24.3 Å². The van der Waals surface area contributed by atoms with Gasteiger partial charge in [-0.3, -0.25) is 4.79 Å². The molecule has 0 saturated carbocycles. The van der Waals surface area contributed by atoms with E-state index in [4.69, 9.17) is 0 Å². The summed E-state index contributed by atoms with van der Waals surface area (Å²) in [6.07, 6.45) is 0. The summed E-state index contributed by atoms with van der Waals surface area (Å²) in [4.78, 5) is 14.7. The number of hydrogen-bond donors (Lipinski definition) is 0. The molecule has 3 rings (SSSR count). The SMILES string of the molecule is CCN(C(=O)[C@H](C)Sc1nnc(-c2ccccc2)n1C)c1ccccc1. The molecule has 0 aliphatic carbocycles. The minimum Gasteiger partial charge on any atom is -0.312 e. The lowest BCUT2D eigenvalue weighted by Gasteiger charge is -2.24. The molecule has 0 saturated heterocycles. The lowest BCUT2D eigenvalue weighted by atomic mass is 10.2. The van der Waals surface area contributed by atoms with Gasteiger partial charge in [0.25, 0.3) is 0 Å². The van der Waals surface area contributed by atoms with Crippen LogP contribution in [0, 0.1) is 0 Å². The fourth-order valence-electron chi connectivity index (χ4n) is 2.76. The van der Waals surface area contributed by atoms with E-state index in [1.165, 1.54) is 11.8 Å². The fourth-order valence-corrected chi connectivity index (χ4v) is 3.63. The van der Waals surface area contributed by atoms with Crippen molar-refractivity contribution in [2.75, 3.05) is 11.4 Å². The Morgan fingerprint density at radius 2 is 1.69 bits per heavy atom. The predicted molar refractivity (Wildman–Crippen MR) is 106 cm³/mol. The zero-order valence-corrected chi connectivity index (χ0v) is 16.0. The summed E-state index contributed by atoms with van der Waals surface area (Å²) in [6, 6.07) is 19.7. The van der Waals surface area contributed by atoms with Gasteiger partial charge in [-0.2, -0.15) is 0 Å². The van der Waals surface area contributed by atoms with Crippen LogP contribution in [0.2, 0.25) is 0 Å². The lowest BCUT2D eigenvalue weighted by molar-refractivity contribution is -0.117. The molecule has 5 nitrogen and oxygen atoms in total. The Morgan fingerprint density at radius 1 is 1.08 bits per heavy atom. The highest BCUT2D eigenvalue weighted by atomic mass is 32.2. The van der Waals surface area contributed by atoms with Crippen LogP contribution in [-0.2, 0) is 11.8 Å². The summed E-state index contributed by atoms with van der Waals surface area (Å²) in [5.74, 6) is 0.858. The van der Waals surface area contributed by atoms with Gasteiger partial charge in [-0.15, -0.1) is 10.2 Å². The van der Waals surface area contributed by atoms with Crippen molar-refractivity contribution < 1.29 is 4.79 Å². The number of thioether (sulfide) groups is 1. The van der Waals surface area contributed by atoms with Crippen LogP contribution in [0.4, 0.5) is 5.69 Å². The van der Waals surface area contributed by atoms with Gasteiger partial charge in [-0.05, 0) is 26.0 Å². The lowest BCUT2D eigenvalue weighted by Crippen LogP contribution is -2.36. The summed E-state index contributed by atoms with van der Waals surface area (Å²) in [5.41, 5.74) is 1.92. The number of aromatic nitrogens is 3. The first-order valence-electron chi connectivity index (χ1n) is 8.59. The molecule has 2 aromatic carbocycles. The maximum absolute atomic E-state index is 12.9. The highest BCUT2D eigenvalue weighted by Gasteiger charge is 2.24.